The van der Waals surface area contributed by atoms with E-state index in [0.717, 1.165) is 30.9 Å². The van der Waals surface area contributed by atoms with Crippen LogP contribution in [-0.4, -0.2) is 55.8 Å². The Bertz CT molecular complexity index is 1100. The number of sulfonamides is 1. The van der Waals surface area contributed by atoms with Gasteiger partial charge in [-0.25, -0.2) is 17.2 Å². The molecule has 0 radical (unpaired) electrons. The predicted octanol–water partition coefficient (Wildman–Crippen LogP) is 2.79. The van der Waals surface area contributed by atoms with E-state index in [2.05, 4.69) is 5.32 Å². The van der Waals surface area contributed by atoms with Crippen LogP contribution in [-0.2, 0) is 27.7 Å². The molecule has 9 heteroatoms. The molecule has 0 saturated carbocycles. The maximum Gasteiger partial charge on any atom is 0.243 e. The number of amides is 1. The molecule has 1 fully saturated rings. The molecule has 1 aliphatic carbocycles. The minimum atomic E-state index is -3.59. The number of nitrogens with one attached hydrogen (secondary N) is 1. The maximum absolute atomic E-state index is 13.8. The van der Waals surface area contributed by atoms with Gasteiger partial charge >= 0.3 is 0 Å². The lowest BCUT2D eigenvalue weighted by Crippen LogP contribution is -2.53. The van der Waals surface area contributed by atoms with E-state index in [1.807, 2.05) is 11.0 Å². The third-order valence-electron chi connectivity index (χ3n) is 6.10. The van der Waals surface area contributed by atoms with Gasteiger partial charge in [0, 0.05) is 32.2 Å². The second-order valence-electron chi connectivity index (χ2n) is 8.01. The number of carbonyl (C=O) groups is 1. The van der Waals surface area contributed by atoms with Crippen molar-refractivity contribution < 1.29 is 22.0 Å². The van der Waals surface area contributed by atoms with Gasteiger partial charge in [0.1, 0.15) is 11.6 Å². The summed E-state index contributed by atoms with van der Waals surface area (Å²) in [5.41, 5.74) is 2.25. The van der Waals surface area contributed by atoms with E-state index < -0.39 is 33.6 Å². The van der Waals surface area contributed by atoms with Crippen molar-refractivity contribution in [3.05, 3.63) is 59.2 Å². The normalized spacial score (nSPS) is 18.5. The van der Waals surface area contributed by atoms with E-state index in [1.165, 1.54) is 15.9 Å². The van der Waals surface area contributed by atoms with Crippen LogP contribution in [0.1, 0.15) is 24.5 Å². The van der Waals surface area contributed by atoms with E-state index in [0.29, 0.717) is 24.1 Å². The molecule has 1 heterocycles. The van der Waals surface area contributed by atoms with Crippen LogP contribution in [0.2, 0.25) is 0 Å². The average Bonchev–Trinajstić information content (AvgIpc) is 3.23. The highest BCUT2D eigenvalue weighted by Crippen LogP contribution is 2.27. The number of anilines is 1. The number of carbonyl (C=O) groups excluding carboxylic acids is 1. The summed E-state index contributed by atoms with van der Waals surface area (Å²) in [6.45, 7) is 2.97. The first kappa shape index (κ1) is 21.9. The van der Waals surface area contributed by atoms with E-state index >= 15 is 0 Å². The number of rotatable bonds is 5. The molecule has 0 aromatic heterocycles. The van der Waals surface area contributed by atoms with Crippen molar-refractivity contribution in [3.63, 3.8) is 0 Å². The number of halogens is 2. The lowest BCUT2D eigenvalue weighted by molar-refractivity contribution is -0.121. The summed E-state index contributed by atoms with van der Waals surface area (Å²) in [5, 5.41) is 2.47. The van der Waals surface area contributed by atoms with E-state index in [1.54, 1.807) is 19.1 Å². The van der Waals surface area contributed by atoms with Crippen LogP contribution >= 0.6 is 0 Å². The highest BCUT2D eigenvalue weighted by molar-refractivity contribution is 7.89. The van der Waals surface area contributed by atoms with E-state index in [4.69, 9.17) is 0 Å². The molecule has 1 aliphatic heterocycles. The Morgan fingerprint density at radius 2 is 1.71 bits per heavy atom. The fourth-order valence-corrected chi connectivity index (χ4v) is 5.66. The van der Waals surface area contributed by atoms with Crippen LogP contribution in [0.25, 0.3) is 0 Å². The molecule has 2 aliphatic rings. The number of hydrogen-bond donors (Lipinski definition) is 1. The van der Waals surface area contributed by atoms with Crippen LogP contribution < -0.4 is 5.32 Å². The predicted molar refractivity (Wildman–Crippen MR) is 113 cm³/mol. The molecule has 2 aromatic carbocycles. The van der Waals surface area contributed by atoms with Crippen molar-refractivity contribution in [2.24, 2.45) is 0 Å². The summed E-state index contributed by atoms with van der Waals surface area (Å²) < 4.78 is 54.4. The molecule has 31 heavy (non-hydrogen) atoms. The van der Waals surface area contributed by atoms with Gasteiger partial charge in [0.2, 0.25) is 15.9 Å². The minimum absolute atomic E-state index is 0.0870. The molecule has 1 atom stereocenters. The van der Waals surface area contributed by atoms with Crippen LogP contribution in [0, 0.1) is 11.6 Å². The standard InChI is InChI=1S/C22H25F2N3O3S/c1-15(22(28)25-21-8-6-18(23)14-20(21)24)26-9-11-27(12-10-26)31(29,30)19-7-5-16-3-2-4-17(16)13-19/h5-8,13-15H,2-4,9-12H2,1H3,(H,25,28)/t15-/m0/s1. The Balaban J connectivity index is 1.38. The minimum Gasteiger partial charge on any atom is -0.322 e. The number of aryl methyl sites for hydroxylation is 2. The third kappa shape index (κ3) is 4.49. The van der Waals surface area contributed by atoms with Gasteiger partial charge in [-0.2, -0.15) is 4.31 Å². The number of piperazine rings is 1. The Labute approximate surface area is 180 Å². The SMILES string of the molecule is C[C@@H](C(=O)Nc1ccc(F)cc1F)N1CCN(S(=O)(=O)c2ccc3c(c2)CCC3)CC1. The van der Waals surface area contributed by atoms with Gasteiger partial charge in [0.15, 0.2) is 0 Å². The summed E-state index contributed by atoms with van der Waals surface area (Å²) in [7, 11) is -3.59. The summed E-state index contributed by atoms with van der Waals surface area (Å²) >= 11 is 0. The van der Waals surface area contributed by atoms with Gasteiger partial charge in [-0.1, -0.05) is 6.07 Å². The molecule has 1 N–H and O–H groups in total. The Kier molecular flexibility index (Phi) is 6.09. The van der Waals surface area contributed by atoms with Crippen molar-refractivity contribution in [2.45, 2.75) is 37.1 Å². The highest BCUT2D eigenvalue weighted by Gasteiger charge is 2.32. The molecule has 0 bridgehead atoms. The average molecular weight is 450 g/mol. The highest BCUT2D eigenvalue weighted by atomic mass is 32.2. The second kappa shape index (κ2) is 8.64. The van der Waals surface area contributed by atoms with Crippen molar-refractivity contribution >= 4 is 21.6 Å². The monoisotopic (exact) mass is 449 g/mol. The number of benzene rings is 2. The molecular formula is C22H25F2N3O3S. The van der Waals surface area contributed by atoms with Crippen molar-refractivity contribution in [1.82, 2.24) is 9.21 Å². The topological polar surface area (TPSA) is 69.7 Å². The summed E-state index contributed by atoms with van der Waals surface area (Å²) in [5.74, 6) is -1.99. The number of fused-ring (bicyclic) bond motifs is 1. The van der Waals surface area contributed by atoms with Gasteiger partial charge in [0.25, 0.3) is 0 Å². The Hall–Kier alpha value is -2.36. The molecule has 0 spiro atoms. The van der Waals surface area contributed by atoms with Crippen LogP contribution in [0.4, 0.5) is 14.5 Å². The van der Waals surface area contributed by atoms with Crippen LogP contribution in [0.5, 0.6) is 0 Å². The van der Waals surface area contributed by atoms with E-state index in [9.17, 15) is 22.0 Å². The van der Waals surface area contributed by atoms with Crippen LogP contribution in [0.3, 0.4) is 0 Å². The molecule has 1 saturated heterocycles. The third-order valence-corrected chi connectivity index (χ3v) is 7.99. The smallest absolute Gasteiger partial charge is 0.243 e. The summed E-state index contributed by atoms with van der Waals surface area (Å²) in [4.78, 5) is 14.7. The van der Waals surface area contributed by atoms with Gasteiger partial charge in [-0.3, -0.25) is 9.69 Å². The first-order valence-corrected chi connectivity index (χ1v) is 11.8. The number of nitrogens with zero attached hydrogens (tertiary/aromatic N) is 2. The van der Waals surface area contributed by atoms with Crippen LogP contribution in [0.15, 0.2) is 41.3 Å². The molecule has 166 valence electrons. The van der Waals surface area contributed by atoms with Gasteiger partial charge in [-0.15, -0.1) is 0 Å². The van der Waals surface area contributed by atoms with Crippen molar-refractivity contribution in [3.8, 4) is 0 Å². The Morgan fingerprint density at radius 1 is 1.00 bits per heavy atom. The lowest BCUT2D eigenvalue weighted by Gasteiger charge is -2.36. The fraction of sp³-hybridized carbons (Fsp3) is 0.409. The molecule has 4 rings (SSSR count). The molecule has 1 amide bonds. The summed E-state index contributed by atoms with van der Waals surface area (Å²) in [6, 6.07) is 7.75. The second-order valence-corrected chi connectivity index (χ2v) is 9.95. The van der Waals surface area contributed by atoms with Gasteiger partial charge < -0.3 is 5.32 Å². The molecule has 2 aromatic rings. The molecule has 0 unspecified atom stereocenters. The zero-order valence-corrected chi connectivity index (χ0v) is 18.1. The lowest BCUT2D eigenvalue weighted by atomic mass is 10.1. The van der Waals surface area contributed by atoms with Crippen molar-refractivity contribution in [2.75, 3.05) is 31.5 Å². The first-order valence-electron chi connectivity index (χ1n) is 10.4. The largest absolute Gasteiger partial charge is 0.322 e. The number of hydrogen-bond acceptors (Lipinski definition) is 4. The van der Waals surface area contributed by atoms with Crippen molar-refractivity contribution in [1.29, 1.82) is 0 Å². The fourth-order valence-electron chi connectivity index (χ4n) is 4.18. The molecule has 6 nitrogen and oxygen atoms in total. The van der Waals surface area contributed by atoms with E-state index in [-0.39, 0.29) is 18.8 Å². The zero-order valence-electron chi connectivity index (χ0n) is 17.3. The Morgan fingerprint density at radius 3 is 2.42 bits per heavy atom. The first-order chi connectivity index (χ1) is 14.8. The maximum atomic E-state index is 13.8. The van der Waals surface area contributed by atoms with Gasteiger partial charge in [-0.05, 0) is 61.6 Å². The summed E-state index contributed by atoms with van der Waals surface area (Å²) in [6.07, 6.45) is 2.96. The quantitative estimate of drug-likeness (QED) is 0.762. The zero-order chi connectivity index (χ0) is 22.2. The molecular weight excluding hydrogens is 424 g/mol. The van der Waals surface area contributed by atoms with Gasteiger partial charge in [0.05, 0.1) is 16.6 Å².